The van der Waals surface area contributed by atoms with E-state index < -0.39 is 0 Å². The number of hydrogen-bond acceptors (Lipinski definition) is 1. The summed E-state index contributed by atoms with van der Waals surface area (Å²) in [6.45, 7) is 11.7. The van der Waals surface area contributed by atoms with Crippen LogP contribution in [-0.2, 0) is 4.74 Å². The molecule has 1 fully saturated rings. The molecule has 0 bridgehead atoms. The molecule has 1 heteroatoms. The van der Waals surface area contributed by atoms with Crippen molar-refractivity contribution < 1.29 is 4.74 Å². The Morgan fingerprint density at radius 1 is 1.33 bits per heavy atom. The third kappa shape index (κ3) is 4.10. The van der Waals surface area contributed by atoms with Crippen molar-refractivity contribution in [1.82, 2.24) is 0 Å². The summed E-state index contributed by atoms with van der Waals surface area (Å²) in [6, 6.07) is 0. The summed E-state index contributed by atoms with van der Waals surface area (Å²) in [7, 11) is 0. The van der Waals surface area contributed by atoms with E-state index in [4.69, 9.17) is 4.74 Å². The minimum Gasteiger partial charge on any atom is -0.375 e. The zero-order chi connectivity index (χ0) is 9.61. The Balaban J connectivity index is 0.000000561. The lowest BCUT2D eigenvalue weighted by Crippen LogP contribution is -2.40. The van der Waals surface area contributed by atoms with Crippen molar-refractivity contribution in [2.24, 2.45) is 5.92 Å². The van der Waals surface area contributed by atoms with Crippen molar-refractivity contribution in [1.29, 1.82) is 0 Å². The fourth-order valence-electron chi connectivity index (χ4n) is 1.24. The lowest BCUT2D eigenvalue weighted by molar-refractivity contribution is -0.140. The molecule has 0 amide bonds. The second-order valence-corrected chi connectivity index (χ2v) is 3.98. The lowest BCUT2D eigenvalue weighted by Gasteiger charge is -2.39. The van der Waals surface area contributed by atoms with Gasteiger partial charge in [0.1, 0.15) is 0 Å². The standard InChI is InChI=1S/C9H18O.C2H6/c1-8(2)4-5-9(3)6-7-10-9;1-2/h8H,4-7H2,1-3H3;1-2H3. The molecule has 0 N–H and O–H groups in total. The molecule has 1 aliphatic heterocycles. The lowest BCUT2D eigenvalue weighted by atomic mass is 9.89. The van der Waals surface area contributed by atoms with Crippen LogP contribution in [-0.4, -0.2) is 12.2 Å². The minimum atomic E-state index is 0.254. The summed E-state index contributed by atoms with van der Waals surface area (Å²) in [4.78, 5) is 0. The van der Waals surface area contributed by atoms with E-state index in [9.17, 15) is 0 Å². The van der Waals surface area contributed by atoms with Gasteiger partial charge in [-0.05, 0) is 32.1 Å². The summed E-state index contributed by atoms with van der Waals surface area (Å²) in [6.07, 6.45) is 3.81. The van der Waals surface area contributed by atoms with Crippen molar-refractivity contribution in [2.45, 2.75) is 59.5 Å². The molecule has 1 aliphatic rings. The molecule has 0 saturated carbocycles. The molecule has 1 rings (SSSR count). The quantitative estimate of drug-likeness (QED) is 0.631. The van der Waals surface area contributed by atoms with Gasteiger partial charge >= 0.3 is 0 Å². The molecule has 12 heavy (non-hydrogen) atoms. The average Bonchev–Trinajstić information content (AvgIpc) is 2.01. The maximum absolute atomic E-state index is 5.47. The van der Waals surface area contributed by atoms with Crippen LogP contribution in [0.3, 0.4) is 0 Å². The van der Waals surface area contributed by atoms with E-state index in [0.717, 1.165) is 12.5 Å². The molecule has 0 aliphatic carbocycles. The average molecular weight is 172 g/mol. The molecular formula is C11H24O. The first kappa shape index (κ1) is 12.0. The number of hydrogen-bond donors (Lipinski definition) is 0. The third-order valence-electron chi connectivity index (χ3n) is 2.33. The summed E-state index contributed by atoms with van der Waals surface area (Å²) < 4.78 is 5.47. The highest BCUT2D eigenvalue weighted by Gasteiger charge is 2.32. The smallest absolute Gasteiger partial charge is 0.0676 e. The van der Waals surface area contributed by atoms with Gasteiger partial charge in [-0.15, -0.1) is 0 Å². The molecule has 0 aromatic heterocycles. The second kappa shape index (κ2) is 5.58. The fraction of sp³-hybridized carbons (Fsp3) is 1.00. The number of ether oxygens (including phenoxy) is 1. The van der Waals surface area contributed by atoms with Gasteiger partial charge in [0.15, 0.2) is 0 Å². The van der Waals surface area contributed by atoms with Crippen LogP contribution in [0, 0.1) is 5.92 Å². The monoisotopic (exact) mass is 172 g/mol. The summed E-state index contributed by atoms with van der Waals surface area (Å²) >= 11 is 0. The molecule has 0 aromatic carbocycles. The van der Waals surface area contributed by atoms with Gasteiger partial charge in [0.05, 0.1) is 12.2 Å². The van der Waals surface area contributed by atoms with Gasteiger partial charge in [-0.2, -0.15) is 0 Å². The van der Waals surface area contributed by atoms with Crippen molar-refractivity contribution in [2.75, 3.05) is 6.61 Å². The Morgan fingerprint density at radius 3 is 2.08 bits per heavy atom. The van der Waals surface area contributed by atoms with Crippen LogP contribution >= 0.6 is 0 Å². The van der Waals surface area contributed by atoms with Crippen LogP contribution in [0.2, 0.25) is 0 Å². The minimum absolute atomic E-state index is 0.254. The molecule has 1 saturated heterocycles. The van der Waals surface area contributed by atoms with Gasteiger partial charge in [0.25, 0.3) is 0 Å². The molecule has 1 unspecified atom stereocenters. The van der Waals surface area contributed by atoms with E-state index in [0.29, 0.717) is 0 Å². The predicted octanol–water partition coefficient (Wildman–Crippen LogP) is 3.63. The van der Waals surface area contributed by atoms with Gasteiger partial charge in [-0.1, -0.05) is 27.7 Å². The van der Waals surface area contributed by atoms with Crippen LogP contribution in [0.1, 0.15) is 53.9 Å². The Hall–Kier alpha value is -0.0400. The second-order valence-electron chi connectivity index (χ2n) is 3.98. The highest BCUT2D eigenvalue weighted by molar-refractivity contribution is 4.82. The largest absolute Gasteiger partial charge is 0.375 e. The van der Waals surface area contributed by atoms with Crippen molar-refractivity contribution in [3.05, 3.63) is 0 Å². The highest BCUT2D eigenvalue weighted by Crippen LogP contribution is 2.31. The zero-order valence-electron chi connectivity index (χ0n) is 9.31. The normalized spacial score (nSPS) is 27.5. The van der Waals surface area contributed by atoms with Gasteiger partial charge in [0.2, 0.25) is 0 Å². The summed E-state index contributed by atoms with van der Waals surface area (Å²) in [5.41, 5.74) is 0.254. The third-order valence-corrected chi connectivity index (χ3v) is 2.33. The Morgan fingerprint density at radius 2 is 1.83 bits per heavy atom. The summed E-state index contributed by atoms with van der Waals surface area (Å²) in [5.74, 6) is 0.820. The maximum Gasteiger partial charge on any atom is 0.0676 e. The molecule has 74 valence electrons. The zero-order valence-corrected chi connectivity index (χ0v) is 9.31. The van der Waals surface area contributed by atoms with E-state index in [1.807, 2.05) is 13.8 Å². The molecule has 1 atom stereocenters. The summed E-state index contributed by atoms with van der Waals surface area (Å²) in [5, 5.41) is 0. The van der Waals surface area contributed by atoms with Crippen LogP contribution in [0.4, 0.5) is 0 Å². The first-order valence-corrected chi connectivity index (χ1v) is 5.26. The number of rotatable bonds is 3. The molecule has 1 nitrogen and oxygen atoms in total. The van der Waals surface area contributed by atoms with Crippen molar-refractivity contribution in [3.8, 4) is 0 Å². The SMILES string of the molecule is CC.CC(C)CCC1(C)CCO1. The molecule has 1 heterocycles. The Bertz CT molecular complexity index is 104. The maximum atomic E-state index is 5.47. The molecule has 0 spiro atoms. The van der Waals surface area contributed by atoms with Crippen LogP contribution in [0.25, 0.3) is 0 Å². The molecular weight excluding hydrogens is 148 g/mol. The predicted molar refractivity (Wildman–Crippen MR) is 54.4 cm³/mol. The molecule has 0 aromatic rings. The van der Waals surface area contributed by atoms with Crippen LogP contribution in [0.5, 0.6) is 0 Å². The van der Waals surface area contributed by atoms with Gasteiger partial charge in [0, 0.05) is 0 Å². The van der Waals surface area contributed by atoms with Crippen LogP contribution < -0.4 is 0 Å². The van der Waals surface area contributed by atoms with E-state index in [-0.39, 0.29) is 5.60 Å². The van der Waals surface area contributed by atoms with E-state index >= 15 is 0 Å². The van der Waals surface area contributed by atoms with Gasteiger partial charge in [-0.3, -0.25) is 0 Å². The highest BCUT2D eigenvalue weighted by atomic mass is 16.5. The Kier molecular flexibility index (Phi) is 5.56. The fourth-order valence-corrected chi connectivity index (χ4v) is 1.24. The van der Waals surface area contributed by atoms with Gasteiger partial charge in [-0.25, -0.2) is 0 Å². The van der Waals surface area contributed by atoms with Gasteiger partial charge < -0.3 is 4.74 Å². The molecule has 0 radical (unpaired) electrons. The van der Waals surface area contributed by atoms with E-state index in [1.165, 1.54) is 19.3 Å². The van der Waals surface area contributed by atoms with Crippen molar-refractivity contribution in [3.63, 3.8) is 0 Å². The van der Waals surface area contributed by atoms with Crippen molar-refractivity contribution >= 4 is 0 Å². The van der Waals surface area contributed by atoms with E-state index in [1.54, 1.807) is 0 Å². The first-order valence-electron chi connectivity index (χ1n) is 5.26. The Labute approximate surface area is 77.5 Å². The first-order chi connectivity index (χ1) is 5.62. The topological polar surface area (TPSA) is 9.23 Å². The van der Waals surface area contributed by atoms with E-state index in [2.05, 4.69) is 20.8 Å². The van der Waals surface area contributed by atoms with Crippen LogP contribution in [0.15, 0.2) is 0 Å².